The predicted octanol–water partition coefficient (Wildman–Crippen LogP) is 6.94. The minimum absolute atomic E-state index is 0.00217. The van der Waals surface area contributed by atoms with Crippen LogP contribution in [0.5, 0.6) is 0 Å². The average molecular weight is 511 g/mol. The number of aromatic nitrogens is 2. The van der Waals surface area contributed by atoms with Crippen molar-refractivity contribution in [1.29, 1.82) is 0 Å². The highest BCUT2D eigenvalue weighted by molar-refractivity contribution is 7.99. The number of imidazole rings is 1. The van der Waals surface area contributed by atoms with Gasteiger partial charge in [-0.2, -0.15) is 0 Å². The van der Waals surface area contributed by atoms with Gasteiger partial charge in [-0.1, -0.05) is 50.2 Å². The second kappa shape index (κ2) is 8.59. The molecule has 1 atom stereocenters. The van der Waals surface area contributed by atoms with Crippen LogP contribution in [0.1, 0.15) is 43.9 Å². The van der Waals surface area contributed by atoms with E-state index in [1.807, 2.05) is 29.8 Å². The second-order valence-corrected chi connectivity index (χ2v) is 11.5. The third kappa shape index (κ3) is 4.01. The quantitative estimate of drug-likeness (QED) is 0.236. The molecule has 37 heavy (non-hydrogen) atoms. The summed E-state index contributed by atoms with van der Waals surface area (Å²) >= 11 is 1.26. The Morgan fingerprint density at radius 3 is 2.70 bits per heavy atom. The predicted molar refractivity (Wildman–Crippen MR) is 146 cm³/mol. The van der Waals surface area contributed by atoms with Crippen molar-refractivity contribution < 1.29 is 9.72 Å². The van der Waals surface area contributed by atoms with Crippen LogP contribution in [-0.2, 0) is 11.8 Å². The van der Waals surface area contributed by atoms with Crippen molar-refractivity contribution in [2.24, 2.45) is 12.5 Å². The Morgan fingerprint density at radius 1 is 1.14 bits per heavy atom. The van der Waals surface area contributed by atoms with Crippen LogP contribution in [0, 0.1) is 15.5 Å². The van der Waals surface area contributed by atoms with Gasteiger partial charge in [0.25, 0.3) is 5.69 Å². The smallest absolute Gasteiger partial charge is 0.283 e. The van der Waals surface area contributed by atoms with Crippen LogP contribution in [-0.4, -0.2) is 20.3 Å². The van der Waals surface area contributed by atoms with Gasteiger partial charge in [-0.15, -0.1) is 0 Å². The van der Waals surface area contributed by atoms with Crippen molar-refractivity contribution in [2.45, 2.75) is 42.8 Å². The number of benzene rings is 3. The van der Waals surface area contributed by atoms with E-state index in [0.29, 0.717) is 22.0 Å². The van der Waals surface area contributed by atoms with E-state index in [0.717, 1.165) is 39.6 Å². The molecule has 6 rings (SSSR count). The number of aryl methyl sites for hydroxylation is 1. The first-order valence-corrected chi connectivity index (χ1v) is 13.0. The van der Waals surface area contributed by atoms with Gasteiger partial charge < -0.3 is 9.88 Å². The lowest BCUT2D eigenvalue weighted by Gasteiger charge is -2.40. The number of nitrogens with one attached hydrogen (secondary N) is 1. The molecule has 0 radical (unpaired) electrons. The Morgan fingerprint density at radius 2 is 1.95 bits per heavy atom. The maximum atomic E-state index is 13.7. The van der Waals surface area contributed by atoms with E-state index in [1.165, 1.54) is 11.8 Å². The minimum atomic E-state index is -0.460. The van der Waals surface area contributed by atoms with E-state index >= 15 is 0 Å². The zero-order valence-corrected chi connectivity index (χ0v) is 21.6. The van der Waals surface area contributed by atoms with Crippen LogP contribution in [0.2, 0.25) is 0 Å². The lowest BCUT2D eigenvalue weighted by molar-refractivity contribution is -0.387. The van der Waals surface area contributed by atoms with Crippen LogP contribution in [0.15, 0.2) is 82.6 Å². The number of anilines is 1. The van der Waals surface area contributed by atoms with Gasteiger partial charge in [-0.05, 0) is 57.6 Å². The van der Waals surface area contributed by atoms with E-state index < -0.39 is 6.04 Å². The van der Waals surface area contributed by atoms with E-state index in [9.17, 15) is 14.9 Å². The number of ketones is 1. The van der Waals surface area contributed by atoms with E-state index in [-0.39, 0.29) is 21.8 Å². The number of nitro benzene ring substituents is 1. The SMILES string of the molecule is Cn1ccnc1Sc1ccc(C2Nc3ccc4ccccc4c3C3=C2C(=O)CC(C)(C)C3)cc1[N+](=O)[O-]. The zero-order valence-electron chi connectivity index (χ0n) is 20.8. The first-order chi connectivity index (χ1) is 17.7. The van der Waals surface area contributed by atoms with E-state index in [2.05, 4.69) is 48.4 Å². The van der Waals surface area contributed by atoms with Crippen molar-refractivity contribution in [1.82, 2.24) is 9.55 Å². The number of fused-ring (bicyclic) bond motifs is 4. The third-order valence-electron chi connectivity index (χ3n) is 7.23. The summed E-state index contributed by atoms with van der Waals surface area (Å²) in [6.45, 7) is 4.26. The number of allylic oxidation sites excluding steroid dienone is 1. The molecule has 1 N–H and O–H groups in total. The number of rotatable bonds is 4. The van der Waals surface area contributed by atoms with Gasteiger partial charge in [-0.25, -0.2) is 4.98 Å². The van der Waals surface area contributed by atoms with Gasteiger partial charge >= 0.3 is 0 Å². The summed E-state index contributed by atoms with van der Waals surface area (Å²) in [6, 6.07) is 17.1. The number of nitro groups is 1. The standard InChI is InChI=1S/C29H26N4O3S/c1-29(2)15-20-25-19-7-5-4-6-17(19)8-10-21(25)31-27(26(20)23(34)16-29)18-9-11-24(22(14-18)33(35)36)37-28-30-12-13-32(28)3/h4-14,27,31H,15-16H2,1-3H3. The summed E-state index contributed by atoms with van der Waals surface area (Å²) in [5, 5.41) is 18.6. The van der Waals surface area contributed by atoms with Crippen LogP contribution in [0.4, 0.5) is 11.4 Å². The Bertz CT molecular complexity index is 1640. The molecule has 1 unspecified atom stereocenters. The monoisotopic (exact) mass is 510 g/mol. The lowest BCUT2D eigenvalue weighted by Crippen LogP contribution is -2.33. The first kappa shape index (κ1) is 23.5. The molecule has 8 heteroatoms. The van der Waals surface area contributed by atoms with Gasteiger partial charge in [0.15, 0.2) is 10.9 Å². The van der Waals surface area contributed by atoms with Crippen LogP contribution < -0.4 is 5.32 Å². The molecule has 0 amide bonds. The first-order valence-electron chi connectivity index (χ1n) is 12.2. The number of hydrogen-bond acceptors (Lipinski definition) is 6. The molecule has 0 saturated heterocycles. The van der Waals surface area contributed by atoms with Gasteiger partial charge in [0.05, 0.1) is 15.9 Å². The second-order valence-electron chi connectivity index (χ2n) is 10.5. The summed E-state index contributed by atoms with van der Waals surface area (Å²) in [5.41, 5.74) is 4.33. The average Bonchev–Trinajstić information content (AvgIpc) is 3.26. The molecule has 1 aromatic heterocycles. The number of hydrogen-bond donors (Lipinski definition) is 1. The summed E-state index contributed by atoms with van der Waals surface area (Å²) in [5.74, 6) is 0.0939. The summed E-state index contributed by atoms with van der Waals surface area (Å²) in [6.07, 6.45) is 4.68. The van der Waals surface area contributed by atoms with Crippen LogP contribution in [0.3, 0.4) is 0 Å². The minimum Gasteiger partial charge on any atom is -0.373 e. The lowest BCUT2D eigenvalue weighted by atomic mass is 9.68. The molecule has 3 aromatic carbocycles. The Labute approximate surface area is 218 Å². The molecule has 1 aliphatic carbocycles. The molecule has 0 saturated carbocycles. The normalized spacial score (nSPS) is 18.4. The molecule has 2 heterocycles. The maximum Gasteiger partial charge on any atom is 0.283 e. The third-order valence-corrected chi connectivity index (χ3v) is 8.37. The van der Waals surface area contributed by atoms with Crippen LogP contribution >= 0.6 is 11.8 Å². The van der Waals surface area contributed by atoms with Crippen molar-refractivity contribution in [2.75, 3.05) is 5.32 Å². The number of carbonyl (C=O) groups is 1. The molecule has 1 aliphatic heterocycles. The molecular weight excluding hydrogens is 484 g/mol. The zero-order chi connectivity index (χ0) is 25.9. The molecule has 0 bridgehead atoms. The van der Waals surface area contributed by atoms with Gasteiger partial charge in [0.2, 0.25) is 0 Å². The van der Waals surface area contributed by atoms with Crippen molar-refractivity contribution in [3.05, 3.63) is 93.8 Å². The number of nitrogens with zero attached hydrogens (tertiary/aromatic N) is 3. The largest absolute Gasteiger partial charge is 0.373 e. The van der Waals surface area contributed by atoms with Gasteiger partial charge in [0, 0.05) is 48.8 Å². The Hall–Kier alpha value is -3.91. The highest BCUT2D eigenvalue weighted by Crippen LogP contribution is 2.52. The van der Waals surface area contributed by atoms with Gasteiger partial charge in [0.1, 0.15) is 0 Å². The summed E-state index contributed by atoms with van der Waals surface area (Å²) in [7, 11) is 1.85. The maximum absolute atomic E-state index is 13.7. The molecule has 2 aliphatic rings. The molecule has 0 spiro atoms. The molecule has 0 fully saturated rings. The van der Waals surface area contributed by atoms with Crippen molar-refractivity contribution in [3.8, 4) is 0 Å². The van der Waals surface area contributed by atoms with Crippen LogP contribution in [0.25, 0.3) is 16.3 Å². The van der Waals surface area contributed by atoms with Crippen molar-refractivity contribution in [3.63, 3.8) is 0 Å². The van der Waals surface area contributed by atoms with E-state index in [1.54, 1.807) is 24.5 Å². The van der Waals surface area contributed by atoms with E-state index in [4.69, 9.17) is 0 Å². The fourth-order valence-corrected chi connectivity index (χ4v) is 6.47. The van der Waals surface area contributed by atoms with Gasteiger partial charge in [-0.3, -0.25) is 14.9 Å². The summed E-state index contributed by atoms with van der Waals surface area (Å²) in [4.78, 5) is 30.2. The van der Waals surface area contributed by atoms with Crippen molar-refractivity contribution >= 4 is 45.3 Å². The summed E-state index contributed by atoms with van der Waals surface area (Å²) < 4.78 is 1.83. The Kier molecular flexibility index (Phi) is 5.45. The Balaban J connectivity index is 1.51. The number of Topliss-reactive ketones (excluding diaryl/α,β-unsaturated/α-hetero) is 1. The molecular formula is C29H26N4O3S. The highest BCUT2D eigenvalue weighted by Gasteiger charge is 2.41. The molecule has 4 aromatic rings. The molecule has 186 valence electrons. The molecule has 7 nitrogen and oxygen atoms in total. The number of carbonyl (C=O) groups excluding carboxylic acids is 1. The fourth-order valence-electron chi connectivity index (χ4n) is 5.58. The topological polar surface area (TPSA) is 90.1 Å². The fraction of sp³-hybridized carbons (Fsp3) is 0.241. The highest BCUT2D eigenvalue weighted by atomic mass is 32.2.